The molecule has 0 saturated carbocycles. The first-order valence-corrected chi connectivity index (χ1v) is 13.4. The monoisotopic (exact) mass is 546 g/mol. The predicted octanol–water partition coefficient (Wildman–Crippen LogP) is -2.25. The zero-order valence-corrected chi connectivity index (χ0v) is 21.5. The lowest BCUT2D eigenvalue weighted by molar-refractivity contribution is -0.231. The second-order valence-corrected chi connectivity index (χ2v) is 11.2. The Morgan fingerprint density at radius 1 is 1.15 bits per heavy atom. The van der Waals surface area contributed by atoms with Crippen molar-refractivity contribution in [2.75, 3.05) is 13.1 Å². The molecule has 0 radical (unpaired) electrons. The van der Waals surface area contributed by atoms with Crippen LogP contribution in [0.5, 0.6) is 0 Å². The van der Waals surface area contributed by atoms with Crippen molar-refractivity contribution in [2.24, 2.45) is 27.4 Å². The molecule has 4 aliphatic heterocycles. The highest BCUT2D eigenvalue weighted by molar-refractivity contribution is 6.02. The molecule has 4 heterocycles. The highest BCUT2D eigenvalue weighted by Crippen LogP contribution is 2.47. The van der Waals surface area contributed by atoms with Gasteiger partial charge in [-0.25, -0.2) is 9.98 Å². The third-order valence-electron chi connectivity index (χ3n) is 9.14. The molecular weight excluding hydrogens is 516 g/mol. The molecule has 1 spiro atoms. The number of amides is 3. The van der Waals surface area contributed by atoms with E-state index in [1.165, 1.54) is 10.5 Å². The van der Waals surface area contributed by atoms with Crippen molar-refractivity contribution in [1.29, 1.82) is 0 Å². The molecule has 2 fully saturated rings. The molecule has 7 rings (SSSR count). The summed E-state index contributed by atoms with van der Waals surface area (Å²) < 4.78 is 0. The van der Waals surface area contributed by atoms with Crippen LogP contribution in [0.25, 0.3) is 0 Å². The Morgan fingerprint density at radius 3 is 2.67 bits per heavy atom. The van der Waals surface area contributed by atoms with Gasteiger partial charge in [0.2, 0.25) is 23.5 Å². The number of fused-ring (bicyclic) bond motifs is 3. The van der Waals surface area contributed by atoms with E-state index in [2.05, 4.69) is 32.8 Å². The summed E-state index contributed by atoms with van der Waals surface area (Å²) in [6.45, 7) is -0.228. The smallest absolute Gasteiger partial charge is 0.248 e. The van der Waals surface area contributed by atoms with E-state index in [1.54, 1.807) is 6.08 Å². The molecule has 1 aromatic carbocycles. The van der Waals surface area contributed by atoms with E-state index in [1.807, 2.05) is 24.3 Å². The van der Waals surface area contributed by atoms with Crippen LogP contribution in [0.3, 0.4) is 0 Å². The molecule has 13 nitrogen and oxygen atoms in total. The Labute approximate surface area is 229 Å². The minimum atomic E-state index is -2.62. The molecule has 0 bridgehead atoms. The van der Waals surface area contributed by atoms with E-state index in [-0.39, 0.29) is 61.5 Å². The fourth-order valence-corrected chi connectivity index (χ4v) is 7.32. The SMILES string of the molecule is NC1=N[C@H]2[C@H](CN3C(=O)CCC3=O)N=C(N)N3CC(NC(=O)C4=CC=CC5Cc6ccccc6C45)C(O)(O)[C@]23N1. The summed E-state index contributed by atoms with van der Waals surface area (Å²) in [5.74, 6) is -3.84. The molecule has 3 unspecified atom stereocenters. The minimum absolute atomic E-state index is 0.0495. The molecule has 1 aromatic rings. The summed E-state index contributed by atoms with van der Waals surface area (Å²) in [4.78, 5) is 49.8. The molecule has 8 N–H and O–H groups in total. The van der Waals surface area contributed by atoms with Gasteiger partial charge in [0.05, 0.1) is 12.6 Å². The summed E-state index contributed by atoms with van der Waals surface area (Å²) >= 11 is 0. The van der Waals surface area contributed by atoms with Gasteiger partial charge in [-0.2, -0.15) is 0 Å². The number of likely N-dealkylation sites (tertiary alicyclic amines) is 1. The number of imide groups is 1. The third-order valence-corrected chi connectivity index (χ3v) is 9.14. The molecule has 6 atom stereocenters. The van der Waals surface area contributed by atoms with Crippen LogP contribution < -0.4 is 22.1 Å². The van der Waals surface area contributed by atoms with Gasteiger partial charge in [-0.1, -0.05) is 42.5 Å². The van der Waals surface area contributed by atoms with Gasteiger partial charge in [-0.15, -0.1) is 0 Å². The minimum Gasteiger partial charge on any atom is -0.370 e. The van der Waals surface area contributed by atoms with Gasteiger partial charge >= 0.3 is 0 Å². The number of nitrogens with one attached hydrogen (secondary N) is 2. The number of aliphatic imine (C=N–C) groups is 2. The maximum absolute atomic E-state index is 13.7. The molecule has 2 aliphatic carbocycles. The Balaban J connectivity index is 1.18. The molecule has 40 heavy (non-hydrogen) atoms. The van der Waals surface area contributed by atoms with Crippen LogP contribution in [0.4, 0.5) is 0 Å². The second kappa shape index (κ2) is 8.38. The Kier molecular flexibility index (Phi) is 5.20. The van der Waals surface area contributed by atoms with E-state index < -0.39 is 35.5 Å². The summed E-state index contributed by atoms with van der Waals surface area (Å²) in [7, 11) is 0. The number of allylic oxidation sites excluding steroid dienone is 3. The second-order valence-electron chi connectivity index (χ2n) is 11.2. The zero-order chi connectivity index (χ0) is 28.0. The number of aliphatic hydroxyl groups is 2. The number of nitrogens with two attached hydrogens (primary N) is 2. The highest BCUT2D eigenvalue weighted by Gasteiger charge is 2.73. The van der Waals surface area contributed by atoms with Crippen molar-refractivity contribution in [1.82, 2.24) is 20.4 Å². The Bertz CT molecular complexity index is 1450. The summed E-state index contributed by atoms with van der Waals surface area (Å²) in [5, 5.41) is 29.2. The number of hydrogen-bond donors (Lipinski definition) is 6. The van der Waals surface area contributed by atoms with Gasteiger partial charge in [-0.3, -0.25) is 19.3 Å². The summed E-state index contributed by atoms with van der Waals surface area (Å²) in [6, 6.07) is 4.92. The number of nitrogens with zero attached hydrogens (tertiary/aromatic N) is 4. The fraction of sp³-hybridized carbons (Fsp3) is 0.444. The van der Waals surface area contributed by atoms with Gasteiger partial charge in [0.15, 0.2) is 17.6 Å². The third kappa shape index (κ3) is 3.24. The Morgan fingerprint density at radius 2 is 1.90 bits per heavy atom. The van der Waals surface area contributed by atoms with E-state index in [0.29, 0.717) is 5.57 Å². The first-order chi connectivity index (χ1) is 19.1. The molecule has 0 aromatic heterocycles. The van der Waals surface area contributed by atoms with Crippen molar-refractivity contribution in [3.63, 3.8) is 0 Å². The van der Waals surface area contributed by atoms with Gasteiger partial charge in [0, 0.05) is 30.9 Å². The first kappa shape index (κ1) is 24.8. The largest absolute Gasteiger partial charge is 0.370 e. The lowest BCUT2D eigenvalue weighted by atomic mass is 9.81. The van der Waals surface area contributed by atoms with Crippen molar-refractivity contribution in [2.45, 2.75) is 54.8 Å². The van der Waals surface area contributed by atoms with Crippen LogP contribution >= 0.6 is 0 Å². The number of benzene rings is 1. The van der Waals surface area contributed by atoms with Crippen molar-refractivity contribution < 1.29 is 24.6 Å². The molecule has 6 aliphatic rings. The number of carbonyl (C=O) groups is 3. The normalized spacial score (nSPS) is 34.9. The molecule has 208 valence electrons. The number of carbonyl (C=O) groups excluding carboxylic acids is 3. The summed E-state index contributed by atoms with van der Waals surface area (Å²) in [6.07, 6.45) is 6.76. The fourth-order valence-electron chi connectivity index (χ4n) is 7.32. The zero-order valence-electron chi connectivity index (χ0n) is 21.5. The average Bonchev–Trinajstić information content (AvgIpc) is 3.63. The topological polar surface area (TPSA) is 199 Å². The van der Waals surface area contributed by atoms with E-state index in [9.17, 15) is 24.6 Å². The van der Waals surface area contributed by atoms with Crippen LogP contribution in [0.2, 0.25) is 0 Å². The lowest BCUT2D eigenvalue weighted by Gasteiger charge is -2.49. The van der Waals surface area contributed by atoms with Crippen molar-refractivity contribution in [3.05, 3.63) is 59.2 Å². The number of guanidine groups is 2. The summed E-state index contributed by atoms with van der Waals surface area (Å²) in [5.41, 5.74) is 13.4. The lowest BCUT2D eigenvalue weighted by Crippen LogP contribution is -2.78. The van der Waals surface area contributed by atoms with Crippen molar-refractivity contribution >= 4 is 29.6 Å². The van der Waals surface area contributed by atoms with Crippen molar-refractivity contribution in [3.8, 4) is 0 Å². The van der Waals surface area contributed by atoms with Gasteiger partial charge < -0.3 is 37.2 Å². The van der Waals surface area contributed by atoms with Gasteiger partial charge in [-0.05, 0) is 23.5 Å². The van der Waals surface area contributed by atoms with E-state index >= 15 is 0 Å². The van der Waals surface area contributed by atoms with Gasteiger partial charge in [0.25, 0.3) is 0 Å². The number of rotatable bonds is 4. The van der Waals surface area contributed by atoms with E-state index in [4.69, 9.17) is 11.5 Å². The molecule has 3 amide bonds. The van der Waals surface area contributed by atoms with Crippen LogP contribution in [-0.2, 0) is 20.8 Å². The predicted molar refractivity (Wildman–Crippen MR) is 142 cm³/mol. The van der Waals surface area contributed by atoms with Crippen LogP contribution in [-0.4, -0.2) is 92.3 Å². The van der Waals surface area contributed by atoms with Crippen LogP contribution in [0.1, 0.15) is 29.9 Å². The van der Waals surface area contributed by atoms with E-state index in [0.717, 1.165) is 16.9 Å². The Hall–Kier alpha value is -4.23. The maximum atomic E-state index is 13.7. The molecule has 13 heteroatoms. The standard InChI is InChI=1S/C27H30N8O5/c28-24-32-22-17(11-34-19(36)8-9-20(34)37)30-25(29)35-12-18(27(39,40)26(22,35)33-24)31-23(38)16-7-3-5-14-10-13-4-1-2-6-15(13)21(14)16/h1-7,14,17-18,21-22,39-40H,8-12H2,(H2,29,30)(H,31,38)(H3,28,32,33)/t14?,17-,18?,21?,22-,26-/m0/s1. The quantitative estimate of drug-likeness (QED) is 0.178. The maximum Gasteiger partial charge on any atom is 0.248 e. The first-order valence-electron chi connectivity index (χ1n) is 13.4. The average molecular weight is 547 g/mol. The number of hydrogen-bond acceptors (Lipinski definition) is 11. The van der Waals surface area contributed by atoms with Gasteiger partial charge in [0.1, 0.15) is 12.1 Å². The molecular formula is C27H30N8O5. The highest BCUT2D eigenvalue weighted by atomic mass is 16.5. The van der Waals surface area contributed by atoms with Crippen LogP contribution in [0, 0.1) is 5.92 Å². The molecule has 2 saturated heterocycles. The van der Waals surface area contributed by atoms with Crippen LogP contribution in [0.15, 0.2) is 58.1 Å².